The second-order valence-corrected chi connectivity index (χ2v) is 12.2. The van der Waals surface area contributed by atoms with Crippen molar-refractivity contribution in [1.82, 2.24) is 30.7 Å². The summed E-state index contributed by atoms with van der Waals surface area (Å²) < 4.78 is 27.2. The molecule has 2 fully saturated rings. The monoisotopic (exact) mass is 586 g/mol. The first-order valence-electron chi connectivity index (χ1n) is 13.5. The Balaban J connectivity index is 1.30. The standard InChI is InChI=1S/C28H32F2N6O4S/c1-27(10-11-27)33-24(39)15-6-8-28(31-2,9-7-15)36(3)26(40)21-23(38)22(37)18(14-32-21)25-35-34-20(41-25)12-16-4-5-17(29)13-19(16)30/h4-5,13-15,31,38H,6-12H2,1-3H3,(H,32,37)(H,33,39). The average Bonchev–Trinajstić information content (AvgIpc) is 3.49. The SMILES string of the molecule is CNC1(N(C)C(=O)c2[nH]cc(-c3nnc(Cc4ccc(F)cc4F)s3)c(=O)c2O)CCC(C(=O)NC2(C)CC2)CC1. The topological polar surface area (TPSA) is 140 Å². The van der Waals surface area contributed by atoms with Crippen LogP contribution in [0.2, 0.25) is 0 Å². The predicted octanol–water partition coefficient (Wildman–Crippen LogP) is 3.31. The van der Waals surface area contributed by atoms with E-state index in [4.69, 9.17) is 0 Å². The minimum atomic E-state index is -0.802. The van der Waals surface area contributed by atoms with Crippen molar-refractivity contribution >= 4 is 23.2 Å². The maximum absolute atomic E-state index is 14.0. The van der Waals surface area contributed by atoms with Gasteiger partial charge in [0, 0.05) is 37.2 Å². The van der Waals surface area contributed by atoms with Crippen molar-refractivity contribution in [2.45, 2.75) is 63.1 Å². The molecule has 0 unspecified atom stereocenters. The molecule has 2 saturated carbocycles. The Morgan fingerprint density at radius 1 is 1.20 bits per heavy atom. The molecule has 0 saturated heterocycles. The molecular weight excluding hydrogens is 554 g/mol. The van der Waals surface area contributed by atoms with Crippen LogP contribution < -0.4 is 16.1 Å². The number of nitrogens with one attached hydrogen (secondary N) is 3. The highest BCUT2D eigenvalue weighted by atomic mass is 32.1. The number of aromatic hydroxyl groups is 1. The third-order valence-corrected chi connectivity index (χ3v) is 9.30. The van der Waals surface area contributed by atoms with Gasteiger partial charge in [0.05, 0.1) is 11.2 Å². The van der Waals surface area contributed by atoms with Crippen molar-refractivity contribution in [3.05, 3.63) is 62.5 Å². The number of pyridine rings is 1. The predicted molar refractivity (Wildman–Crippen MR) is 148 cm³/mol. The van der Waals surface area contributed by atoms with Crippen LogP contribution in [0.15, 0.2) is 29.2 Å². The van der Waals surface area contributed by atoms with Crippen molar-refractivity contribution < 1.29 is 23.5 Å². The van der Waals surface area contributed by atoms with Gasteiger partial charge in [0.2, 0.25) is 11.3 Å². The molecule has 0 radical (unpaired) electrons. The number of hydrogen-bond acceptors (Lipinski definition) is 8. The highest BCUT2D eigenvalue weighted by molar-refractivity contribution is 7.14. The van der Waals surface area contributed by atoms with Gasteiger partial charge in [0.25, 0.3) is 5.91 Å². The zero-order chi connectivity index (χ0) is 29.5. The molecule has 2 heterocycles. The molecule has 2 amide bonds. The third kappa shape index (κ3) is 5.73. The number of carbonyl (C=O) groups excluding carboxylic acids is 2. The molecule has 4 N–H and O–H groups in total. The lowest BCUT2D eigenvalue weighted by Gasteiger charge is -2.46. The number of amides is 2. The number of H-pyrrole nitrogens is 1. The Hall–Kier alpha value is -3.71. The Bertz CT molecular complexity index is 1540. The highest BCUT2D eigenvalue weighted by Crippen LogP contribution is 2.38. The van der Waals surface area contributed by atoms with E-state index in [1.807, 2.05) is 6.92 Å². The molecule has 0 atom stereocenters. The summed E-state index contributed by atoms with van der Waals surface area (Å²) in [5.74, 6) is -2.83. The maximum Gasteiger partial charge on any atom is 0.275 e. The summed E-state index contributed by atoms with van der Waals surface area (Å²) in [6, 6.07) is 3.24. The maximum atomic E-state index is 14.0. The summed E-state index contributed by atoms with van der Waals surface area (Å²) in [5, 5.41) is 25.6. The van der Waals surface area contributed by atoms with Gasteiger partial charge in [-0.3, -0.25) is 19.7 Å². The summed E-state index contributed by atoms with van der Waals surface area (Å²) in [6.45, 7) is 2.04. The van der Waals surface area contributed by atoms with E-state index < -0.39 is 34.4 Å². The Labute approximate surface area is 239 Å². The molecule has 1 aromatic carbocycles. The number of hydrogen-bond donors (Lipinski definition) is 4. The van der Waals surface area contributed by atoms with Crippen molar-refractivity contribution in [2.24, 2.45) is 5.92 Å². The lowest BCUT2D eigenvalue weighted by atomic mass is 9.80. The van der Waals surface area contributed by atoms with E-state index >= 15 is 0 Å². The minimum Gasteiger partial charge on any atom is -0.503 e. The number of benzene rings is 1. The Morgan fingerprint density at radius 2 is 1.90 bits per heavy atom. The lowest BCUT2D eigenvalue weighted by Crippen LogP contribution is -2.60. The third-order valence-electron chi connectivity index (χ3n) is 8.35. The first kappa shape index (κ1) is 28.8. The zero-order valence-corrected chi connectivity index (χ0v) is 23.8. The van der Waals surface area contributed by atoms with E-state index in [0.29, 0.717) is 30.7 Å². The van der Waals surface area contributed by atoms with E-state index in [9.17, 15) is 28.3 Å². The van der Waals surface area contributed by atoms with E-state index in [1.165, 1.54) is 17.2 Å². The van der Waals surface area contributed by atoms with Gasteiger partial charge in [0.1, 0.15) is 16.6 Å². The Kier molecular flexibility index (Phi) is 7.68. The molecule has 10 nitrogen and oxygen atoms in total. The van der Waals surface area contributed by atoms with Crippen molar-refractivity contribution in [3.63, 3.8) is 0 Å². The smallest absolute Gasteiger partial charge is 0.275 e. The average molecular weight is 587 g/mol. The van der Waals surface area contributed by atoms with E-state index in [2.05, 4.69) is 25.8 Å². The molecule has 0 aliphatic heterocycles. The molecule has 0 spiro atoms. The van der Waals surface area contributed by atoms with Gasteiger partial charge in [-0.1, -0.05) is 17.4 Å². The first-order chi connectivity index (χ1) is 19.4. The van der Waals surface area contributed by atoms with Crippen LogP contribution in [0.3, 0.4) is 0 Å². The van der Waals surface area contributed by atoms with Crippen LogP contribution in [-0.2, 0) is 11.2 Å². The van der Waals surface area contributed by atoms with Crippen LogP contribution in [0.25, 0.3) is 10.6 Å². The molecule has 2 aliphatic rings. The van der Waals surface area contributed by atoms with Crippen LogP contribution in [0.4, 0.5) is 8.78 Å². The normalized spacial score (nSPS) is 21.3. The summed E-state index contributed by atoms with van der Waals surface area (Å²) in [7, 11) is 3.34. The van der Waals surface area contributed by atoms with Gasteiger partial charge in [-0.05, 0) is 64.1 Å². The zero-order valence-electron chi connectivity index (χ0n) is 23.0. The summed E-state index contributed by atoms with van der Waals surface area (Å²) in [5.41, 5.74) is -1.69. The molecule has 218 valence electrons. The van der Waals surface area contributed by atoms with Crippen molar-refractivity contribution in [3.8, 4) is 16.3 Å². The van der Waals surface area contributed by atoms with Crippen LogP contribution in [-0.4, -0.2) is 62.3 Å². The molecule has 3 aromatic rings. The van der Waals surface area contributed by atoms with E-state index in [-0.39, 0.29) is 45.6 Å². The fourth-order valence-electron chi connectivity index (χ4n) is 5.29. The fourth-order valence-corrected chi connectivity index (χ4v) is 6.16. The summed E-state index contributed by atoms with van der Waals surface area (Å²) in [4.78, 5) is 43.5. The number of aromatic nitrogens is 3. The quantitative estimate of drug-likeness (QED) is 0.297. The number of rotatable bonds is 8. The van der Waals surface area contributed by atoms with Crippen molar-refractivity contribution in [2.75, 3.05) is 14.1 Å². The number of carbonyl (C=O) groups is 2. The van der Waals surface area contributed by atoms with Gasteiger partial charge in [-0.25, -0.2) is 8.78 Å². The highest BCUT2D eigenvalue weighted by Gasteiger charge is 2.45. The van der Waals surface area contributed by atoms with Gasteiger partial charge < -0.3 is 20.3 Å². The largest absolute Gasteiger partial charge is 0.503 e. The molecule has 41 heavy (non-hydrogen) atoms. The van der Waals surface area contributed by atoms with Gasteiger partial charge in [-0.2, -0.15) is 0 Å². The molecule has 13 heteroatoms. The van der Waals surface area contributed by atoms with Crippen LogP contribution in [0.1, 0.15) is 66.5 Å². The molecule has 2 aromatic heterocycles. The molecule has 5 rings (SSSR count). The van der Waals surface area contributed by atoms with Gasteiger partial charge in [0.15, 0.2) is 16.5 Å². The van der Waals surface area contributed by atoms with E-state index in [0.717, 1.165) is 36.3 Å². The van der Waals surface area contributed by atoms with Crippen LogP contribution in [0.5, 0.6) is 5.75 Å². The van der Waals surface area contributed by atoms with Gasteiger partial charge in [-0.15, -0.1) is 10.2 Å². The molecular formula is C28H32F2N6O4S. The van der Waals surface area contributed by atoms with Crippen molar-refractivity contribution in [1.29, 1.82) is 0 Å². The first-order valence-corrected chi connectivity index (χ1v) is 14.3. The fraction of sp³-hybridized carbons (Fsp3) is 0.464. The minimum absolute atomic E-state index is 0.00393. The second-order valence-electron chi connectivity index (χ2n) is 11.1. The Morgan fingerprint density at radius 3 is 2.54 bits per heavy atom. The van der Waals surface area contributed by atoms with E-state index in [1.54, 1.807) is 14.1 Å². The van der Waals surface area contributed by atoms with Crippen LogP contribution >= 0.6 is 11.3 Å². The number of halogens is 2. The lowest BCUT2D eigenvalue weighted by molar-refractivity contribution is -0.127. The number of nitrogens with zero attached hydrogens (tertiary/aromatic N) is 3. The van der Waals surface area contributed by atoms with Crippen LogP contribution in [0, 0.1) is 17.6 Å². The van der Waals surface area contributed by atoms with Gasteiger partial charge >= 0.3 is 0 Å². The summed E-state index contributed by atoms with van der Waals surface area (Å²) in [6.07, 6.45) is 5.52. The summed E-state index contributed by atoms with van der Waals surface area (Å²) >= 11 is 1.02. The number of aromatic amines is 1. The molecule has 2 aliphatic carbocycles. The molecule has 0 bridgehead atoms. The second kappa shape index (κ2) is 10.9.